The van der Waals surface area contributed by atoms with Crippen LogP contribution in [0.2, 0.25) is 0 Å². The molecule has 1 aliphatic heterocycles. The molecule has 0 bridgehead atoms. The van der Waals surface area contributed by atoms with Gasteiger partial charge in [-0.25, -0.2) is 9.79 Å². The summed E-state index contributed by atoms with van der Waals surface area (Å²) >= 11 is 4.91. The highest BCUT2D eigenvalue weighted by atomic mass is 79.9. The van der Waals surface area contributed by atoms with Crippen LogP contribution >= 0.6 is 27.3 Å². The van der Waals surface area contributed by atoms with E-state index in [2.05, 4.69) is 20.9 Å². The van der Waals surface area contributed by atoms with Crippen LogP contribution in [0.15, 0.2) is 74.1 Å². The smallest absolute Gasteiger partial charge is 0.338 e. The molecule has 0 fully saturated rings. The van der Waals surface area contributed by atoms with Gasteiger partial charge in [-0.05, 0) is 52.2 Å². The summed E-state index contributed by atoms with van der Waals surface area (Å²) < 4.78 is 8.11. The molecule has 3 aromatic rings. The van der Waals surface area contributed by atoms with E-state index in [1.54, 1.807) is 11.5 Å². The van der Waals surface area contributed by atoms with Crippen LogP contribution in [0.5, 0.6) is 0 Å². The highest BCUT2D eigenvalue weighted by molar-refractivity contribution is 9.10. The number of methoxy groups -OCH3 is 1. The van der Waals surface area contributed by atoms with Gasteiger partial charge in [-0.3, -0.25) is 9.36 Å². The van der Waals surface area contributed by atoms with Gasteiger partial charge in [-0.1, -0.05) is 47.7 Å². The van der Waals surface area contributed by atoms with E-state index in [0.717, 1.165) is 21.3 Å². The number of hydrogen-bond acceptors (Lipinski definition) is 6. The zero-order valence-electron chi connectivity index (χ0n) is 18.1. The number of ether oxygens (including phenoxy) is 1. The summed E-state index contributed by atoms with van der Waals surface area (Å²) in [5.41, 5.74) is 3.50. The third-order valence-electron chi connectivity index (χ3n) is 5.29. The molecule has 0 unspecified atom stereocenters. The van der Waals surface area contributed by atoms with Crippen molar-refractivity contribution in [1.29, 1.82) is 0 Å². The normalized spacial score (nSPS) is 15.9. The van der Waals surface area contributed by atoms with E-state index in [4.69, 9.17) is 4.74 Å². The predicted molar refractivity (Wildman–Crippen MR) is 131 cm³/mol. The molecule has 32 heavy (non-hydrogen) atoms. The number of halogens is 1. The number of carbonyl (C=O) groups is 1. The van der Waals surface area contributed by atoms with Gasteiger partial charge in [-0.15, -0.1) is 0 Å². The van der Waals surface area contributed by atoms with Gasteiger partial charge in [0.2, 0.25) is 0 Å². The second kappa shape index (κ2) is 8.88. The van der Waals surface area contributed by atoms with E-state index < -0.39 is 12.0 Å². The van der Waals surface area contributed by atoms with Crippen molar-refractivity contribution in [3.8, 4) is 0 Å². The van der Waals surface area contributed by atoms with Crippen LogP contribution in [0.25, 0.3) is 6.08 Å². The lowest BCUT2D eigenvalue weighted by Gasteiger charge is -2.24. The van der Waals surface area contributed by atoms with Crippen molar-refractivity contribution in [2.45, 2.75) is 13.0 Å². The number of rotatable bonds is 4. The molecule has 0 saturated carbocycles. The Morgan fingerprint density at radius 3 is 2.56 bits per heavy atom. The largest absolute Gasteiger partial charge is 0.466 e. The van der Waals surface area contributed by atoms with Gasteiger partial charge < -0.3 is 9.64 Å². The van der Waals surface area contributed by atoms with Gasteiger partial charge in [0.1, 0.15) is 0 Å². The Labute approximate surface area is 197 Å². The highest BCUT2D eigenvalue weighted by Crippen LogP contribution is 2.30. The van der Waals surface area contributed by atoms with Crippen LogP contribution in [0.1, 0.15) is 24.1 Å². The minimum Gasteiger partial charge on any atom is -0.466 e. The van der Waals surface area contributed by atoms with Crippen LogP contribution in [0, 0.1) is 0 Å². The molecule has 2 aromatic carbocycles. The SMILES string of the molecule is COC(=O)C1=C(C)N=c2s/c(=C\c3ccc(N(C)C)c(Br)c3)c(=O)n2[C@H]1c1ccccc1. The number of anilines is 1. The predicted octanol–water partition coefficient (Wildman–Crippen LogP) is 3.24. The average Bonchev–Trinajstić information content (AvgIpc) is 3.07. The molecule has 0 amide bonds. The van der Waals surface area contributed by atoms with Crippen LogP contribution < -0.4 is 19.8 Å². The summed E-state index contributed by atoms with van der Waals surface area (Å²) in [5, 5.41) is 0. The zero-order chi connectivity index (χ0) is 23.0. The van der Waals surface area contributed by atoms with E-state index >= 15 is 0 Å². The van der Waals surface area contributed by atoms with E-state index in [9.17, 15) is 9.59 Å². The minimum atomic E-state index is -0.593. The molecule has 0 radical (unpaired) electrons. The number of allylic oxidation sites excluding steroid dienone is 1. The minimum absolute atomic E-state index is 0.190. The van der Waals surface area contributed by atoms with Crippen molar-refractivity contribution in [1.82, 2.24) is 4.57 Å². The monoisotopic (exact) mass is 511 g/mol. The number of carbonyl (C=O) groups excluding carboxylic acids is 1. The first-order chi connectivity index (χ1) is 15.3. The molecule has 8 heteroatoms. The Morgan fingerprint density at radius 1 is 1.22 bits per heavy atom. The molecule has 1 aliphatic rings. The fourth-order valence-corrected chi connectivity index (χ4v) is 5.57. The van der Waals surface area contributed by atoms with Crippen LogP contribution in [0.4, 0.5) is 5.69 Å². The maximum absolute atomic E-state index is 13.5. The molecular formula is C24H22BrN3O3S. The molecule has 6 nitrogen and oxygen atoms in total. The maximum Gasteiger partial charge on any atom is 0.338 e. The number of nitrogens with zero attached hydrogens (tertiary/aromatic N) is 3. The standard InChI is InChI=1S/C24H22BrN3O3S/c1-14-20(23(30)31-4)21(16-8-6-5-7-9-16)28-22(29)19(32-24(28)26-14)13-15-10-11-18(27(2)3)17(25)12-15/h5-13,21H,1-4H3/b19-13-/t21-/m0/s1. The van der Waals surface area contributed by atoms with E-state index in [0.29, 0.717) is 20.6 Å². The number of thiazole rings is 1. The van der Waals surface area contributed by atoms with Crippen LogP contribution in [-0.2, 0) is 9.53 Å². The van der Waals surface area contributed by atoms with Crippen LogP contribution in [0.3, 0.4) is 0 Å². The van der Waals surface area contributed by atoms with Crippen molar-refractivity contribution in [2.24, 2.45) is 4.99 Å². The Morgan fingerprint density at radius 2 is 1.94 bits per heavy atom. The van der Waals surface area contributed by atoms with Crippen molar-refractivity contribution in [2.75, 3.05) is 26.1 Å². The third-order valence-corrected chi connectivity index (χ3v) is 6.91. The van der Waals surface area contributed by atoms with Gasteiger partial charge >= 0.3 is 5.97 Å². The summed E-state index contributed by atoms with van der Waals surface area (Å²) in [6.07, 6.45) is 1.85. The number of aromatic nitrogens is 1. The van der Waals surface area contributed by atoms with Crippen LogP contribution in [-0.4, -0.2) is 31.7 Å². The van der Waals surface area contributed by atoms with Gasteiger partial charge in [-0.2, -0.15) is 0 Å². The van der Waals surface area contributed by atoms with E-state index in [1.165, 1.54) is 18.4 Å². The Bertz CT molecular complexity index is 1400. The maximum atomic E-state index is 13.5. The zero-order valence-corrected chi connectivity index (χ0v) is 20.5. The quantitative estimate of drug-likeness (QED) is 0.504. The molecule has 0 spiro atoms. The number of hydrogen-bond donors (Lipinski definition) is 0. The average molecular weight is 512 g/mol. The van der Waals surface area contributed by atoms with Gasteiger partial charge in [0.15, 0.2) is 4.80 Å². The highest BCUT2D eigenvalue weighted by Gasteiger charge is 2.32. The Kier molecular flexibility index (Phi) is 6.17. The molecule has 0 aliphatic carbocycles. The molecule has 4 rings (SSSR count). The fraction of sp³-hybridized carbons (Fsp3) is 0.208. The second-order valence-corrected chi connectivity index (χ2v) is 9.45. The first-order valence-electron chi connectivity index (χ1n) is 9.94. The lowest BCUT2D eigenvalue weighted by molar-refractivity contribution is -0.136. The molecular weight excluding hydrogens is 490 g/mol. The lowest BCUT2D eigenvalue weighted by Crippen LogP contribution is -2.39. The molecule has 164 valence electrons. The second-order valence-electron chi connectivity index (χ2n) is 7.59. The third kappa shape index (κ3) is 3.96. The number of esters is 1. The summed E-state index contributed by atoms with van der Waals surface area (Å²) in [6, 6.07) is 14.8. The Balaban J connectivity index is 1.92. The summed E-state index contributed by atoms with van der Waals surface area (Å²) in [6.45, 7) is 1.77. The molecule has 2 heterocycles. The number of fused-ring (bicyclic) bond motifs is 1. The van der Waals surface area contributed by atoms with Crippen molar-refractivity contribution in [3.63, 3.8) is 0 Å². The lowest BCUT2D eigenvalue weighted by atomic mass is 9.96. The first-order valence-corrected chi connectivity index (χ1v) is 11.6. The molecule has 1 atom stereocenters. The molecule has 1 aromatic heterocycles. The first kappa shape index (κ1) is 22.2. The molecule has 0 saturated heterocycles. The van der Waals surface area contributed by atoms with E-state index in [1.807, 2.05) is 73.6 Å². The van der Waals surface area contributed by atoms with E-state index in [-0.39, 0.29) is 5.56 Å². The van der Waals surface area contributed by atoms with Crippen molar-refractivity contribution < 1.29 is 9.53 Å². The summed E-state index contributed by atoms with van der Waals surface area (Å²) in [7, 11) is 5.29. The summed E-state index contributed by atoms with van der Waals surface area (Å²) in [4.78, 5) is 33.3. The fourth-order valence-electron chi connectivity index (χ4n) is 3.77. The van der Waals surface area contributed by atoms with Crippen molar-refractivity contribution >= 4 is 45.0 Å². The van der Waals surface area contributed by atoms with Crippen molar-refractivity contribution in [3.05, 3.63) is 95.1 Å². The summed E-state index contributed by atoms with van der Waals surface area (Å²) in [5.74, 6) is -0.488. The molecule has 0 N–H and O–H groups in total. The number of benzene rings is 2. The van der Waals surface area contributed by atoms with Gasteiger partial charge in [0.05, 0.1) is 34.6 Å². The van der Waals surface area contributed by atoms with Gasteiger partial charge in [0.25, 0.3) is 5.56 Å². The topological polar surface area (TPSA) is 63.9 Å². The Hall–Kier alpha value is -2.97. The van der Waals surface area contributed by atoms with Gasteiger partial charge in [0, 0.05) is 18.6 Å².